The highest BCUT2D eigenvalue weighted by molar-refractivity contribution is 5.46. The van der Waals surface area contributed by atoms with E-state index >= 15 is 0 Å². The number of hydrogen-bond acceptors (Lipinski definition) is 5. The van der Waals surface area contributed by atoms with Gasteiger partial charge in [-0.15, -0.1) is 0 Å². The molecule has 2 heterocycles. The van der Waals surface area contributed by atoms with Crippen LogP contribution in [0.4, 0.5) is 11.5 Å². The summed E-state index contributed by atoms with van der Waals surface area (Å²) in [5, 5.41) is 14.1. The van der Waals surface area contributed by atoms with Gasteiger partial charge < -0.3 is 16.6 Å². The molecule has 6 nitrogen and oxygen atoms in total. The zero-order valence-electron chi connectivity index (χ0n) is 9.54. The van der Waals surface area contributed by atoms with Crippen molar-refractivity contribution in [2.45, 2.75) is 12.5 Å². The molecule has 0 spiro atoms. The second-order valence-electron chi connectivity index (χ2n) is 3.90. The molecule has 0 fully saturated rings. The van der Waals surface area contributed by atoms with E-state index in [1.54, 1.807) is 31.7 Å². The average Bonchev–Trinajstić information content (AvgIpc) is 2.63. The van der Waals surface area contributed by atoms with Crippen LogP contribution in [0.5, 0.6) is 0 Å². The van der Waals surface area contributed by atoms with Gasteiger partial charge in [-0.05, 0) is 11.6 Å². The zero-order chi connectivity index (χ0) is 12.4. The van der Waals surface area contributed by atoms with E-state index in [2.05, 4.69) is 10.1 Å². The molecule has 0 saturated heterocycles. The predicted molar refractivity (Wildman–Crippen MR) is 64.9 cm³/mol. The molecule has 2 aromatic rings. The second kappa shape index (κ2) is 4.42. The molecule has 17 heavy (non-hydrogen) atoms. The normalized spacial score (nSPS) is 12.6. The molecule has 0 aliphatic heterocycles. The van der Waals surface area contributed by atoms with Crippen LogP contribution in [0.2, 0.25) is 0 Å². The van der Waals surface area contributed by atoms with Gasteiger partial charge in [-0.3, -0.25) is 9.67 Å². The lowest BCUT2D eigenvalue weighted by atomic mass is 10.0. The van der Waals surface area contributed by atoms with Crippen molar-refractivity contribution in [1.29, 1.82) is 0 Å². The number of aromatic nitrogens is 3. The van der Waals surface area contributed by atoms with E-state index in [4.69, 9.17) is 11.5 Å². The first-order valence-electron chi connectivity index (χ1n) is 5.23. The Bertz CT molecular complexity index is 522. The van der Waals surface area contributed by atoms with Crippen LogP contribution < -0.4 is 11.5 Å². The van der Waals surface area contributed by atoms with Crippen LogP contribution in [0, 0.1) is 0 Å². The van der Waals surface area contributed by atoms with Crippen molar-refractivity contribution < 1.29 is 5.11 Å². The van der Waals surface area contributed by atoms with Crippen LogP contribution in [0.25, 0.3) is 0 Å². The summed E-state index contributed by atoms with van der Waals surface area (Å²) >= 11 is 0. The SMILES string of the molecule is Cn1ncc(C(O)Cc2cnccc2N)c1N. The van der Waals surface area contributed by atoms with Gasteiger partial charge in [0, 0.05) is 37.1 Å². The Morgan fingerprint density at radius 3 is 2.76 bits per heavy atom. The van der Waals surface area contributed by atoms with E-state index in [-0.39, 0.29) is 0 Å². The fraction of sp³-hybridized carbons (Fsp3) is 0.273. The lowest BCUT2D eigenvalue weighted by Crippen LogP contribution is -2.07. The standard InChI is InChI=1S/C11H15N5O/c1-16-11(13)8(6-15-16)10(17)4-7-5-14-3-2-9(7)12/h2-3,5-6,10,17H,4,13H2,1H3,(H2,12,14). The Balaban J connectivity index is 2.20. The van der Waals surface area contributed by atoms with Gasteiger partial charge >= 0.3 is 0 Å². The molecule has 0 amide bonds. The van der Waals surface area contributed by atoms with Crippen LogP contribution in [0.1, 0.15) is 17.2 Å². The molecule has 0 aliphatic carbocycles. The number of anilines is 2. The summed E-state index contributed by atoms with van der Waals surface area (Å²) in [6.45, 7) is 0. The molecule has 0 aliphatic rings. The summed E-state index contributed by atoms with van der Waals surface area (Å²) in [5.41, 5.74) is 13.6. The third-order valence-electron chi connectivity index (χ3n) is 2.73. The number of nitrogens with zero attached hydrogens (tertiary/aromatic N) is 3. The highest BCUT2D eigenvalue weighted by Crippen LogP contribution is 2.24. The second-order valence-corrected chi connectivity index (χ2v) is 3.90. The topological polar surface area (TPSA) is 103 Å². The summed E-state index contributed by atoms with van der Waals surface area (Å²) in [6.07, 6.45) is 4.46. The molecule has 2 aromatic heterocycles. The summed E-state index contributed by atoms with van der Waals surface area (Å²) < 4.78 is 1.52. The lowest BCUT2D eigenvalue weighted by molar-refractivity contribution is 0.179. The molecular weight excluding hydrogens is 218 g/mol. The largest absolute Gasteiger partial charge is 0.398 e. The van der Waals surface area contributed by atoms with Crippen molar-refractivity contribution in [2.75, 3.05) is 11.5 Å². The van der Waals surface area contributed by atoms with Crippen molar-refractivity contribution in [3.8, 4) is 0 Å². The van der Waals surface area contributed by atoms with Gasteiger partial charge in [0.15, 0.2) is 0 Å². The van der Waals surface area contributed by atoms with Gasteiger partial charge in [-0.2, -0.15) is 5.10 Å². The monoisotopic (exact) mass is 233 g/mol. The highest BCUT2D eigenvalue weighted by Gasteiger charge is 2.16. The smallest absolute Gasteiger partial charge is 0.127 e. The number of aliphatic hydroxyl groups is 1. The molecule has 0 aromatic carbocycles. The van der Waals surface area contributed by atoms with Crippen LogP contribution in [0.15, 0.2) is 24.7 Å². The molecule has 1 unspecified atom stereocenters. The van der Waals surface area contributed by atoms with Crippen molar-refractivity contribution in [3.63, 3.8) is 0 Å². The highest BCUT2D eigenvalue weighted by atomic mass is 16.3. The third kappa shape index (κ3) is 2.21. The van der Waals surface area contributed by atoms with E-state index in [1.165, 1.54) is 4.68 Å². The fourth-order valence-electron chi connectivity index (χ4n) is 1.65. The average molecular weight is 233 g/mol. The molecule has 6 heteroatoms. The van der Waals surface area contributed by atoms with E-state index in [0.29, 0.717) is 23.5 Å². The summed E-state index contributed by atoms with van der Waals surface area (Å²) in [4.78, 5) is 3.98. The van der Waals surface area contributed by atoms with Crippen LogP contribution >= 0.6 is 0 Å². The summed E-state index contributed by atoms with van der Waals surface area (Å²) in [7, 11) is 1.73. The molecule has 0 saturated carbocycles. The maximum atomic E-state index is 10.1. The van der Waals surface area contributed by atoms with Crippen molar-refractivity contribution >= 4 is 11.5 Å². The summed E-state index contributed by atoms with van der Waals surface area (Å²) in [5.74, 6) is 0.458. The Morgan fingerprint density at radius 1 is 1.41 bits per heavy atom. The van der Waals surface area contributed by atoms with Gasteiger partial charge in [-0.25, -0.2) is 0 Å². The zero-order valence-corrected chi connectivity index (χ0v) is 9.54. The molecule has 1 atom stereocenters. The minimum absolute atomic E-state index is 0.371. The maximum Gasteiger partial charge on any atom is 0.127 e. The van der Waals surface area contributed by atoms with Gasteiger partial charge in [0.1, 0.15) is 5.82 Å². The minimum Gasteiger partial charge on any atom is -0.398 e. The predicted octanol–water partition coefficient (Wildman–Crippen LogP) is 0.256. The molecule has 5 N–H and O–H groups in total. The van der Waals surface area contributed by atoms with E-state index in [0.717, 1.165) is 5.56 Å². The first-order valence-corrected chi connectivity index (χ1v) is 5.23. The van der Waals surface area contributed by atoms with Crippen molar-refractivity contribution in [3.05, 3.63) is 35.8 Å². The number of nitrogen functional groups attached to an aromatic ring is 2. The number of aliphatic hydroxyl groups excluding tert-OH is 1. The first kappa shape index (κ1) is 11.4. The van der Waals surface area contributed by atoms with Crippen LogP contribution in [-0.4, -0.2) is 19.9 Å². The van der Waals surface area contributed by atoms with Crippen molar-refractivity contribution in [2.24, 2.45) is 7.05 Å². The quantitative estimate of drug-likeness (QED) is 0.705. The number of nitrogens with two attached hydrogens (primary N) is 2. The van der Waals surface area contributed by atoms with Gasteiger partial charge in [0.2, 0.25) is 0 Å². The van der Waals surface area contributed by atoms with Crippen LogP contribution in [0.3, 0.4) is 0 Å². The minimum atomic E-state index is -0.727. The Morgan fingerprint density at radius 2 is 2.18 bits per heavy atom. The Kier molecular flexibility index (Phi) is 2.97. The molecular formula is C11H15N5O. The van der Waals surface area contributed by atoms with Crippen molar-refractivity contribution in [1.82, 2.24) is 14.8 Å². The molecule has 0 radical (unpaired) electrons. The van der Waals surface area contributed by atoms with Gasteiger partial charge in [0.25, 0.3) is 0 Å². The molecule has 2 rings (SSSR count). The first-order chi connectivity index (χ1) is 8.09. The number of aryl methyl sites for hydroxylation is 1. The van der Waals surface area contributed by atoms with E-state index < -0.39 is 6.10 Å². The van der Waals surface area contributed by atoms with Gasteiger partial charge in [0.05, 0.1) is 12.3 Å². The number of rotatable bonds is 3. The maximum absolute atomic E-state index is 10.1. The van der Waals surface area contributed by atoms with E-state index in [9.17, 15) is 5.11 Å². The molecule has 90 valence electrons. The van der Waals surface area contributed by atoms with Crippen LogP contribution in [-0.2, 0) is 13.5 Å². The third-order valence-corrected chi connectivity index (χ3v) is 2.73. The lowest BCUT2D eigenvalue weighted by Gasteiger charge is -2.11. The van der Waals surface area contributed by atoms with E-state index in [1.807, 2.05) is 0 Å². The number of pyridine rings is 1. The summed E-state index contributed by atoms with van der Waals surface area (Å²) in [6, 6.07) is 1.70. The van der Waals surface area contributed by atoms with Gasteiger partial charge in [-0.1, -0.05) is 0 Å². The molecule has 0 bridgehead atoms. The Labute approximate surface area is 98.9 Å². The Hall–Kier alpha value is -2.08. The number of hydrogen-bond donors (Lipinski definition) is 3. The fourth-order valence-corrected chi connectivity index (χ4v) is 1.65.